The zero-order valence-corrected chi connectivity index (χ0v) is 21.9. The van der Waals surface area contributed by atoms with Gasteiger partial charge in [-0.25, -0.2) is 20.8 Å². The van der Waals surface area contributed by atoms with Gasteiger partial charge in [0.05, 0.1) is 21.9 Å². The second-order valence-corrected chi connectivity index (χ2v) is 12.3. The Hall–Kier alpha value is -3.34. The number of sulfone groups is 1. The van der Waals surface area contributed by atoms with E-state index < -0.39 is 31.4 Å². The van der Waals surface area contributed by atoms with E-state index in [2.05, 4.69) is 0 Å². The Balaban J connectivity index is 1.73. The van der Waals surface area contributed by atoms with Crippen molar-refractivity contribution in [3.63, 3.8) is 0 Å². The number of hydrogen-bond acceptors (Lipinski definition) is 7. The van der Waals surface area contributed by atoms with Crippen LogP contribution in [-0.2, 0) is 19.9 Å². The zero-order chi connectivity index (χ0) is 26.3. The Morgan fingerprint density at radius 2 is 1.47 bits per heavy atom. The lowest BCUT2D eigenvalue weighted by molar-refractivity contribution is 0.0987. The lowest BCUT2D eigenvalue weighted by atomic mass is 10.2. The van der Waals surface area contributed by atoms with Crippen LogP contribution in [0, 0.1) is 13.8 Å². The Kier molecular flexibility index (Phi) is 6.87. The fourth-order valence-corrected chi connectivity index (χ4v) is 6.39. The van der Waals surface area contributed by atoms with E-state index in [0.29, 0.717) is 0 Å². The predicted octanol–water partition coefficient (Wildman–Crippen LogP) is 4.92. The van der Waals surface area contributed by atoms with Gasteiger partial charge in [-0.15, -0.1) is 0 Å². The summed E-state index contributed by atoms with van der Waals surface area (Å²) in [4.78, 5) is 13.0. The maximum Gasteiger partial charge on any atom is 0.268 e. The van der Waals surface area contributed by atoms with Crippen LogP contribution in [0.5, 0.6) is 5.75 Å². The van der Waals surface area contributed by atoms with Gasteiger partial charge >= 0.3 is 0 Å². The third-order valence-corrected chi connectivity index (χ3v) is 9.11. The van der Waals surface area contributed by atoms with Crippen LogP contribution < -0.4 is 4.74 Å². The summed E-state index contributed by atoms with van der Waals surface area (Å²) in [6.07, 6.45) is 1.27. The number of halogens is 1. The first-order valence-corrected chi connectivity index (χ1v) is 14.1. The van der Waals surface area contributed by atoms with Gasteiger partial charge < -0.3 is 9.15 Å². The second-order valence-electron chi connectivity index (χ2n) is 8.13. The fraction of sp³-hybridized carbons (Fsp3) is 0.160. The number of carbonyl (C=O) groups is 1. The number of rotatable bonds is 8. The van der Waals surface area contributed by atoms with Crippen LogP contribution in [0.15, 0.2) is 81.1 Å². The minimum atomic E-state index is -4.06. The number of benzene rings is 2. The van der Waals surface area contributed by atoms with Gasteiger partial charge in [-0.1, -0.05) is 47.0 Å². The molecule has 2 aromatic carbocycles. The second kappa shape index (κ2) is 9.61. The third kappa shape index (κ3) is 4.84. The molecule has 2 aromatic heterocycles. The number of carbonyl (C=O) groups excluding carboxylic acids is 1. The van der Waals surface area contributed by atoms with E-state index in [4.69, 9.17) is 20.8 Å². The van der Waals surface area contributed by atoms with Crippen molar-refractivity contribution in [2.45, 2.75) is 23.6 Å². The summed E-state index contributed by atoms with van der Waals surface area (Å²) < 4.78 is 64.0. The number of Topliss-reactive ketones (excluding diaryl/α,β-unsaturated/α-hetero) is 1. The summed E-state index contributed by atoms with van der Waals surface area (Å²) >= 11 is 6.31. The Morgan fingerprint density at radius 3 is 2.03 bits per heavy atom. The molecule has 0 unspecified atom stereocenters. The SMILES string of the molecule is COc1cc(-c2c(Cl)ccn2S(=O)(=O)c2ccc(C)cc2)oc1C(=O)CS(=O)(=O)c1ccc(C)cc1. The van der Waals surface area contributed by atoms with E-state index in [1.165, 1.54) is 49.7 Å². The number of hydrogen-bond donors (Lipinski definition) is 0. The van der Waals surface area contributed by atoms with Gasteiger partial charge in [-0.2, -0.15) is 0 Å². The molecule has 0 bridgehead atoms. The van der Waals surface area contributed by atoms with E-state index in [9.17, 15) is 21.6 Å². The molecule has 0 radical (unpaired) electrons. The summed E-state index contributed by atoms with van der Waals surface area (Å²) in [5.41, 5.74) is 1.73. The molecule has 8 nitrogen and oxygen atoms in total. The molecule has 0 atom stereocenters. The molecule has 36 heavy (non-hydrogen) atoms. The van der Waals surface area contributed by atoms with Crippen molar-refractivity contribution in [2.24, 2.45) is 0 Å². The van der Waals surface area contributed by atoms with Crippen LogP contribution in [-0.4, -0.2) is 39.5 Å². The molecule has 0 aliphatic carbocycles. The van der Waals surface area contributed by atoms with Crippen molar-refractivity contribution >= 4 is 37.2 Å². The van der Waals surface area contributed by atoms with Gasteiger partial charge in [0, 0.05) is 12.3 Å². The Morgan fingerprint density at radius 1 is 0.917 bits per heavy atom. The first kappa shape index (κ1) is 25.7. The van der Waals surface area contributed by atoms with Crippen molar-refractivity contribution in [2.75, 3.05) is 12.9 Å². The molecule has 0 fully saturated rings. The predicted molar refractivity (Wildman–Crippen MR) is 135 cm³/mol. The summed E-state index contributed by atoms with van der Waals surface area (Å²) in [6, 6.07) is 15.1. The molecule has 2 heterocycles. The number of ether oxygens (including phenoxy) is 1. The molecular weight excluding hydrogens is 526 g/mol. The lowest BCUT2D eigenvalue weighted by Gasteiger charge is -2.10. The standard InChI is InChI=1S/C25H22ClNO7S2/c1-16-4-8-18(9-5-16)35(29,30)15-21(28)25-23(33-3)14-22(34-25)24-20(26)12-13-27(24)36(31,32)19-10-6-17(2)7-11-19/h4-14H,15H2,1-3H3. The van der Waals surface area contributed by atoms with E-state index in [0.717, 1.165) is 15.1 Å². The molecule has 0 N–H and O–H groups in total. The lowest BCUT2D eigenvalue weighted by Crippen LogP contribution is -2.16. The minimum absolute atomic E-state index is 0.00620. The highest BCUT2D eigenvalue weighted by Gasteiger charge is 2.30. The highest BCUT2D eigenvalue weighted by Crippen LogP contribution is 2.37. The van der Waals surface area contributed by atoms with Gasteiger partial charge in [0.15, 0.2) is 21.3 Å². The van der Waals surface area contributed by atoms with Gasteiger partial charge in [0.2, 0.25) is 11.5 Å². The van der Waals surface area contributed by atoms with Crippen molar-refractivity contribution < 1.29 is 30.8 Å². The van der Waals surface area contributed by atoms with Crippen molar-refractivity contribution in [3.8, 4) is 17.2 Å². The van der Waals surface area contributed by atoms with E-state index in [-0.39, 0.29) is 37.8 Å². The van der Waals surface area contributed by atoms with E-state index in [1.54, 1.807) is 24.3 Å². The van der Waals surface area contributed by atoms with Crippen molar-refractivity contribution in [1.82, 2.24) is 3.97 Å². The number of furan rings is 1. The first-order chi connectivity index (χ1) is 16.9. The average molecular weight is 548 g/mol. The fourth-order valence-electron chi connectivity index (χ4n) is 3.55. The zero-order valence-electron chi connectivity index (χ0n) is 19.6. The maximum absolute atomic E-state index is 13.3. The number of nitrogens with zero attached hydrogens (tertiary/aromatic N) is 1. The van der Waals surface area contributed by atoms with Crippen LogP contribution in [0.4, 0.5) is 0 Å². The highest BCUT2D eigenvalue weighted by atomic mass is 35.5. The maximum atomic E-state index is 13.3. The van der Waals surface area contributed by atoms with Gasteiger partial charge in [-0.3, -0.25) is 4.79 Å². The number of aromatic nitrogens is 1. The summed E-state index contributed by atoms with van der Waals surface area (Å²) in [5.74, 6) is -2.20. The van der Waals surface area contributed by atoms with Gasteiger partial charge in [0.1, 0.15) is 11.4 Å². The molecule has 0 amide bonds. The quantitative estimate of drug-likeness (QED) is 0.288. The molecule has 11 heteroatoms. The largest absolute Gasteiger partial charge is 0.493 e. The van der Waals surface area contributed by atoms with Crippen LogP contribution in [0.2, 0.25) is 5.02 Å². The molecule has 0 spiro atoms. The van der Waals surface area contributed by atoms with E-state index >= 15 is 0 Å². The van der Waals surface area contributed by atoms with Crippen LogP contribution in [0.25, 0.3) is 11.5 Å². The Bertz CT molecular complexity index is 1650. The molecule has 0 aliphatic heterocycles. The summed E-state index contributed by atoms with van der Waals surface area (Å²) in [5, 5.41) is 0.0494. The molecule has 4 aromatic rings. The normalized spacial score (nSPS) is 12.0. The summed E-state index contributed by atoms with van der Waals surface area (Å²) in [7, 11) is -6.75. The molecular formula is C25H22ClNO7S2. The number of methoxy groups -OCH3 is 1. The van der Waals surface area contributed by atoms with Crippen LogP contribution >= 0.6 is 11.6 Å². The minimum Gasteiger partial charge on any atom is -0.493 e. The number of ketones is 1. The first-order valence-electron chi connectivity index (χ1n) is 10.6. The summed E-state index contributed by atoms with van der Waals surface area (Å²) in [6.45, 7) is 3.65. The monoisotopic (exact) mass is 547 g/mol. The third-order valence-electron chi connectivity index (χ3n) is 5.49. The number of aryl methyl sites for hydroxylation is 2. The van der Waals surface area contributed by atoms with Gasteiger partial charge in [0.25, 0.3) is 10.0 Å². The molecule has 0 saturated carbocycles. The van der Waals surface area contributed by atoms with E-state index in [1.807, 2.05) is 13.8 Å². The smallest absolute Gasteiger partial charge is 0.268 e. The van der Waals surface area contributed by atoms with Crippen LogP contribution in [0.3, 0.4) is 0 Å². The molecule has 0 saturated heterocycles. The molecule has 0 aliphatic rings. The van der Waals surface area contributed by atoms with Crippen molar-refractivity contribution in [3.05, 3.63) is 88.8 Å². The van der Waals surface area contributed by atoms with Crippen molar-refractivity contribution in [1.29, 1.82) is 0 Å². The molecule has 4 rings (SSSR count). The highest BCUT2D eigenvalue weighted by molar-refractivity contribution is 7.92. The topological polar surface area (TPSA) is 113 Å². The molecule has 188 valence electrons. The Labute approximate surface area is 214 Å². The average Bonchev–Trinajstić information content (AvgIpc) is 3.43. The van der Waals surface area contributed by atoms with Gasteiger partial charge in [-0.05, 0) is 44.2 Å². The van der Waals surface area contributed by atoms with Crippen LogP contribution in [0.1, 0.15) is 21.7 Å².